The van der Waals surface area contributed by atoms with Gasteiger partial charge in [-0.1, -0.05) is 52.1 Å². The van der Waals surface area contributed by atoms with Crippen LogP contribution in [0.4, 0.5) is 0 Å². The first-order valence-corrected chi connectivity index (χ1v) is 11.2. The van der Waals surface area contributed by atoms with Gasteiger partial charge in [0.1, 0.15) is 11.8 Å². The molecule has 0 saturated carbocycles. The molecule has 0 heterocycles. The second-order valence-corrected chi connectivity index (χ2v) is 8.83. The molecule has 2 aromatic carbocycles. The Balaban J connectivity index is 2.23. The first-order chi connectivity index (χ1) is 14.2. The Labute approximate surface area is 195 Å². The minimum atomic E-state index is -0.636. The van der Waals surface area contributed by atoms with Crippen molar-refractivity contribution in [3.8, 4) is 5.75 Å². The highest BCUT2D eigenvalue weighted by molar-refractivity contribution is 9.10. The zero-order valence-corrected chi connectivity index (χ0v) is 20.2. The van der Waals surface area contributed by atoms with E-state index in [1.165, 1.54) is 4.90 Å². The van der Waals surface area contributed by atoms with E-state index in [0.29, 0.717) is 22.2 Å². The summed E-state index contributed by atoms with van der Waals surface area (Å²) in [6.45, 7) is 5.66. The Morgan fingerprint density at radius 2 is 1.77 bits per heavy atom. The minimum Gasteiger partial charge on any atom is -0.484 e. The van der Waals surface area contributed by atoms with Gasteiger partial charge in [0.05, 0.1) is 10.0 Å². The van der Waals surface area contributed by atoms with E-state index in [-0.39, 0.29) is 31.0 Å². The van der Waals surface area contributed by atoms with Gasteiger partial charge in [-0.15, -0.1) is 0 Å². The lowest BCUT2D eigenvalue weighted by Crippen LogP contribution is -2.51. The molecule has 0 bridgehead atoms. The molecule has 0 spiro atoms. The number of nitrogens with zero attached hydrogens (tertiary/aromatic N) is 1. The SMILES string of the molecule is CCC(C(=O)NC(C)C)N(Cc1ccc(Cl)c(Cl)c1)C(=O)COc1ccc(Br)cc1. The van der Waals surface area contributed by atoms with Crippen molar-refractivity contribution in [2.45, 2.75) is 45.8 Å². The van der Waals surface area contributed by atoms with Gasteiger partial charge < -0.3 is 15.0 Å². The average molecular weight is 516 g/mol. The van der Waals surface area contributed by atoms with E-state index in [4.69, 9.17) is 27.9 Å². The molecule has 162 valence electrons. The molecule has 1 N–H and O–H groups in total. The number of halogens is 3. The van der Waals surface area contributed by atoms with Gasteiger partial charge in [0.15, 0.2) is 6.61 Å². The molecular formula is C22H25BrCl2N2O3. The molecule has 0 aliphatic carbocycles. The van der Waals surface area contributed by atoms with Gasteiger partial charge in [-0.3, -0.25) is 9.59 Å². The third-order valence-corrected chi connectivity index (χ3v) is 5.60. The summed E-state index contributed by atoms with van der Waals surface area (Å²) >= 11 is 15.5. The first-order valence-electron chi connectivity index (χ1n) is 9.63. The zero-order chi connectivity index (χ0) is 22.3. The molecule has 1 atom stereocenters. The van der Waals surface area contributed by atoms with Gasteiger partial charge in [0.25, 0.3) is 5.91 Å². The van der Waals surface area contributed by atoms with E-state index in [1.54, 1.807) is 30.3 Å². The summed E-state index contributed by atoms with van der Waals surface area (Å²) in [5, 5.41) is 3.72. The molecule has 0 aliphatic rings. The fraction of sp³-hybridized carbons (Fsp3) is 0.364. The van der Waals surface area contributed by atoms with E-state index < -0.39 is 6.04 Å². The van der Waals surface area contributed by atoms with Crippen molar-refractivity contribution in [2.24, 2.45) is 0 Å². The van der Waals surface area contributed by atoms with Crippen LogP contribution in [0.2, 0.25) is 10.0 Å². The van der Waals surface area contributed by atoms with Crippen LogP contribution in [0, 0.1) is 0 Å². The third-order valence-electron chi connectivity index (χ3n) is 4.33. The smallest absolute Gasteiger partial charge is 0.261 e. The predicted molar refractivity (Wildman–Crippen MR) is 124 cm³/mol. The molecule has 8 heteroatoms. The van der Waals surface area contributed by atoms with Crippen LogP contribution in [0.15, 0.2) is 46.9 Å². The maximum Gasteiger partial charge on any atom is 0.261 e. The maximum atomic E-state index is 13.1. The molecule has 2 rings (SSSR count). The predicted octanol–water partition coefficient (Wildman–Crippen LogP) is 5.47. The van der Waals surface area contributed by atoms with Crippen LogP contribution < -0.4 is 10.1 Å². The Hall–Kier alpha value is -1.76. The van der Waals surface area contributed by atoms with Crippen LogP contribution in [-0.2, 0) is 16.1 Å². The normalized spacial score (nSPS) is 11.8. The molecular weight excluding hydrogens is 491 g/mol. The summed E-state index contributed by atoms with van der Waals surface area (Å²) < 4.78 is 6.56. The van der Waals surface area contributed by atoms with Crippen molar-refractivity contribution in [1.82, 2.24) is 10.2 Å². The summed E-state index contributed by atoms with van der Waals surface area (Å²) in [4.78, 5) is 27.4. The van der Waals surface area contributed by atoms with Crippen LogP contribution in [-0.4, -0.2) is 35.4 Å². The second kappa shape index (κ2) is 11.6. The summed E-state index contributed by atoms with van der Waals surface area (Å²) in [5.41, 5.74) is 0.775. The molecule has 0 fully saturated rings. The summed E-state index contributed by atoms with van der Waals surface area (Å²) in [6.07, 6.45) is 0.462. The lowest BCUT2D eigenvalue weighted by atomic mass is 10.1. The highest BCUT2D eigenvalue weighted by atomic mass is 79.9. The van der Waals surface area contributed by atoms with Gasteiger partial charge in [-0.05, 0) is 62.2 Å². The summed E-state index contributed by atoms with van der Waals surface area (Å²) in [6, 6.07) is 11.7. The summed E-state index contributed by atoms with van der Waals surface area (Å²) in [7, 11) is 0. The molecule has 2 aromatic rings. The average Bonchev–Trinajstić information content (AvgIpc) is 2.69. The van der Waals surface area contributed by atoms with Crippen LogP contribution in [0.25, 0.3) is 0 Å². The quantitative estimate of drug-likeness (QED) is 0.482. The maximum absolute atomic E-state index is 13.1. The number of ether oxygens (including phenoxy) is 1. The first kappa shape index (κ1) is 24.5. The largest absolute Gasteiger partial charge is 0.484 e. The van der Waals surface area contributed by atoms with Gasteiger partial charge in [0.2, 0.25) is 5.91 Å². The number of nitrogens with one attached hydrogen (secondary N) is 1. The molecule has 30 heavy (non-hydrogen) atoms. The number of hydrogen-bond acceptors (Lipinski definition) is 3. The Bertz CT molecular complexity index is 875. The number of carbonyl (C=O) groups excluding carboxylic acids is 2. The standard InChI is InChI=1S/C22H25BrCl2N2O3/c1-4-20(22(29)26-14(2)3)27(12-15-5-10-18(24)19(25)11-15)21(28)13-30-17-8-6-16(23)7-9-17/h5-11,14,20H,4,12-13H2,1-3H3,(H,26,29). The molecule has 5 nitrogen and oxygen atoms in total. The van der Waals surface area contributed by atoms with Gasteiger partial charge in [-0.2, -0.15) is 0 Å². The highest BCUT2D eigenvalue weighted by Crippen LogP contribution is 2.24. The topological polar surface area (TPSA) is 58.6 Å². The Morgan fingerprint density at radius 1 is 1.10 bits per heavy atom. The number of carbonyl (C=O) groups is 2. The van der Waals surface area contributed by atoms with Crippen molar-refractivity contribution in [2.75, 3.05) is 6.61 Å². The fourth-order valence-electron chi connectivity index (χ4n) is 2.89. The number of benzene rings is 2. The van der Waals surface area contributed by atoms with E-state index in [0.717, 1.165) is 10.0 Å². The van der Waals surface area contributed by atoms with E-state index in [1.807, 2.05) is 32.9 Å². The van der Waals surface area contributed by atoms with Gasteiger partial charge >= 0.3 is 0 Å². The molecule has 0 saturated heterocycles. The zero-order valence-electron chi connectivity index (χ0n) is 17.1. The van der Waals surface area contributed by atoms with Crippen molar-refractivity contribution in [3.63, 3.8) is 0 Å². The Kier molecular flexibility index (Phi) is 9.46. The van der Waals surface area contributed by atoms with Crippen LogP contribution in [0.5, 0.6) is 5.75 Å². The number of hydrogen-bond donors (Lipinski definition) is 1. The summed E-state index contributed by atoms with van der Waals surface area (Å²) in [5.74, 6) is 0.0695. The molecule has 0 radical (unpaired) electrons. The van der Waals surface area contributed by atoms with Crippen molar-refractivity contribution in [1.29, 1.82) is 0 Å². The third kappa shape index (κ3) is 7.18. The van der Waals surface area contributed by atoms with Crippen LogP contribution in [0.3, 0.4) is 0 Å². The molecule has 0 aliphatic heterocycles. The molecule has 2 amide bonds. The monoisotopic (exact) mass is 514 g/mol. The lowest BCUT2D eigenvalue weighted by molar-refractivity contribution is -0.143. The van der Waals surface area contributed by atoms with E-state index in [2.05, 4.69) is 21.2 Å². The van der Waals surface area contributed by atoms with E-state index >= 15 is 0 Å². The van der Waals surface area contributed by atoms with Crippen molar-refractivity contribution < 1.29 is 14.3 Å². The number of amides is 2. The van der Waals surface area contributed by atoms with Gasteiger partial charge in [-0.25, -0.2) is 0 Å². The molecule has 0 aromatic heterocycles. The second-order valence-electron chi connectivity index (χ2n) is 7.10. The minimum absolute atomic E-state index is 0.0347. The highest BCUT2D eigenvalue weighted by Gasteiger charge is 2.29. The Morgan fingerprint density at radius 3 is 2.33 bits per heavy atom. The van der Waals surface area contributed by atoms with Crippen LogP contribution in [0.1, 0.15) is 32.8 Å². The van der Waals surface area contributed by atoms with Crippen molar-refractivity contribution >= 4 is 50.9 Å². The van der Waals surface area contributed by atoms with Crippen LogP contribution >= 0.6 is 39.1 Å². The lowest BCUT2D eigenvalue weighted by Gasteiger charge is -2.31. The fourth-order valence-corrected chi connectivity index (χ4v) is 3.48. The van der Waals surface area contributed by atoms with Gasteiger partial charge in [0, 0.05) is 17.1 Å². The van der Waals surface area contributed by atoms with Crippen molar-refractivity contribution in [3.05, 3.63) is 62.5 Å². The molecule has 1 unspecified atom stereocenters. The number of rotatable bonds is 9. The van der Waals surface area contributed by atoms with E-state index in [9.17, 15) is 9.59 Å².